The Bertz CT molecular complexity index is 858. The molecule has 2 aromatic carbocycles. The number of methoxy groups -OCH3 is 1. The van der Waals surface area contributed by atoms with Crippen LogP contribution in [0.4, 0.5) is 4.39 Å². The van der Waals surface area contributed by atoms with E-state index in [1.54, 1.807) is 17.0 Å². The van der Waals surface area contributed by atoms with Crippen molar-refractivity contribution in [2.24, 2.45) is 5.92 Å². The molecule has 2 aromatic rings. The third-order valence-corrected chi connectivity index (χ3v) is 4.83. The van der Waals surface area contributed by atoms with Gasteiger partial charge in [-0.3, -0.25) is 9.59 Å². The molecule has 0 saturated carbocycles. The first-order valence-electron chi connectivity index (χ1n) is 8.48. The first kappa shape index (κ1) is 19.2. The summed E-state index contributed by atoms with van der Waals surface area (Å²) < 4.78 is 23.8. The van der Waals surface area contributed by atoms with Crippen LogP contribution in [0.15, 0.2) is 42.5 Å². The summed E-state index contributed by atoms with van der Waals surface area (Å²) >= 11 is 6.13. The topological polar surface area (TPSA) is 55.8 Å². The second-order valence-corrected chi connectivity index (χ2v) is 6.75. The van der Waals surface area contributed by atoms with Crippen LogP contribution in [0.5, 0.6) is 5.75 Å². The van der Waals surface area contributed by atoms with Crippen LogP contribution in [0.3, 0.4) is 0 Å². The number of hydrogen-bond acceptors (Lipinski definition) is 4. The molecule has 0 aliphatic carbocycles. The molecule has 1 heterocycles. The molecule has 1 aliphatic rings. The number of halogens is 2. The van der Waals surface area contributed by atoms with Crippen LogP contribution < -0.4 is 4.74 Å². The fraction of sp³-hybridized carbons (Fsp3) is 0.300. The van der Waals surface area contributed by atoms with Crippen molar-refractivity contribution in [3.63, 3.8) is 0 Å². The second kappa shape index (κ2) is 8.39. The quantitative estimate of drug-likeness (QED) is 0.706. The molecule has 142 valence electrons. The van der Waals surface area contributed by atoms with E-state index in [-0.39, 0.29) is 31.2 Å². The lowest BCUT2D eigenvalue weighted by molar-refractivity contribution is -0.149. The molecule has 0 aromatic heterocycles. The van der Waals surface area contributed by atoms with Gasteiger partial charge in [-0.2, -0.15) is 0 Å². The number of nitrogens with zero attached hydrogens (tertiary/aromatic N) is 1. The number of carbonyl (C=O) groups is 2. The molecule has 27 heavy (non-hydrogen) atoms. The average Bonchev–Trinajstić information content (AvgIpc) is 3.02. The number of likely N-dealkylation sites (tertiary alicyclic amines) is 1. The molecular weight excluding hydrogens is 373 g/mol. The smallest absolute Gasteiger partial charge is 0.311 e. The lowest BCUT2D eigenvalue weighted by Crippen LogP contribution is -2.26. The summed E-state index contributed by atoms with van der Waals surface area (Å²) in [5.41, 5.74) is 1.34. The van der Waals surface area contributed by atoms with Gasteiger partial charge in [0.15, 0.2) is 11.6 Å². The highest BCUT2D eigenvalue weighted by atomic mass is 35.5. The lowest BCUT2D eigenvalue weighted by Gasteiger charge is -2.17. The van der Waals surface area contributed by atoms with E-state index in [0.717, 1.165) is 5.56 Å². The summed E-state index contributed by atoms with van der Waals surface area (Å²) in [6.45, 7) is 0.570. The monoisotopic (exact) mass is 391 g/mol. The van der Waals surface area contributed by atoms with Gasteiger partial charge in [0, 0.05) is 24.5 Å². The SMILES string of the molecule is COc1ccc(COC(=O)[C@H]2CC(=O)N(Cc3ccccc3Cl)C2)cc1F. The summed E-state index contributed by atoms with van der Waals surface area (Å²) in [5, 5.41) is 0.581. The average molecular weight is 392 g/mol. The minimum Gasteiger partial charge on any atom is -0.494 e. The van der Waals surface area contributed by atoms with Crippen molar-refractivity contribution in [1.82, 2.24) is 4.90 Å². The van der Waals surface area contributed by atoms with Gasteiger partial charge >= 0.3 is 5.97 Å². The molecule has 1 aliphatic heterocycles. The lowest BCUT2D eigenvalue weighted by atomic mass is 10.1. The molecule has 1 saturated heterocycles. The molecule has 0 unspecified atom stereocenters. The van der Waals surface area contributed by atoms with Gasteiger partial charge < -0.3 is 14.4 Å². The van der Waals surface area contributed by atoms with Crippen LogP contribution in [0.1, 0.15) is 17.5 Å². The third-order valence-electron chi connectivity index (χ3n) is 4.46. The summed E-state index contributed by atoms with van der Waals surface area (Å²) in [4.78, 5) is 26.1. The van der Waals surface area contributed by atoms with Gasteiger partial charge in [-0.15, -0.1) is 0 Å². The summed E-state index contributed by atoms with van der Waals surface area (Å²) in [7, 11) is 1.38. The molecule has 5 nitrogen and oxygen atoms in total. The minimum absolute atomic E-state index is 0.0606. The van der Waals surface area contributed by atoms with E-state index in [2.05, 4.69) is 0 Å². The van der Waals surface area contributed by atoms with E-state index in [9.17, 15) is 14.0 Å². The zero-order chi connectivity index (χ0) is 19.4. The second-order valence-electron chi connectivity index (χ2n) is 6.34. The largest absolute Gasteiger partial charge is 0.494 e. The summed E-state index contributed by atoms with van der Waals surface area (Å²) in [6, 6.07) is 11.6. The molecule has 1 amide bonds. The van der Waals surface area contributed by atoms with Gasteiger partial charge in [0.2, 0.25) is 5.91 Å². The zero-order valence-corrected chi connectivity index (χ0v) is 15.5. The zero-order valence-electron chi connectivity index (χ0n) is 14.8. The van der Waals surface area contributed by atoms with Gasteiger partial charge in [-0.25, -0.2) is 4.39 Å². The standard InChI is InChI=1S/C20H19ClFNO4/c1-26-18-7-6-13(8-17(18)22)12-27-20(25)15-9-19(24)23(11-15)10-14-4-2-3-5-16(14)21/h2-8,15H,9-12H2,1H3/t15-/m0/s1. The van der Waals surface area contributed by atoms with Gasteiger partial charge in [-0.05, 0) is 29.3 Å². The Balaban J connectivity index is 1.56. The van der Waals surface area contributed by atoms with E-state index in [0.29, 0.717) is 17.1 Å². The van der Waals surface area contributed by atoms with Gasteiger partial charge in [0.05, 0.1) is 13.0 Å². The molecule has 0 bridgehead atoms. The Morgan fingerprint density at radius 1 is 1.30 bits per heavy atom. The highest BCUT2D eigenvalue weighted by Crippen LogP contribution is 2.25. The maximum Gasteiger partial charge on any atom is 0.311 e. The van der Waals surface area contributed by atoms with E-state index >= 15 is 0 Å². The maximum atomic E-state index is 13.7. The number of amides is 1. The number of rotatable bonds is 6. The highest BCUT2D eigenvalue weighted by Gasteiger charge is 2.35. The predicted molar refractivity (Wildman–Crippen MR) is 97.7 cm³/mol. The van der Waals surface area contributed by atoms with E-state index < -0.39 is 17.7 Å². The molecular formula is C20H19ClFNO4. The van der Waals surface area contributed by atoms with Crippen LogP contribution in [0.2, 0.25) is 5.02 Å². The van der Waals surface area contributed by atoms with Crippen LogP contribution in [-0.4, -0.2) is 30.4 Å². The van der Waals surface area contributed by atoms with Gasteiger partial charge in [0.25, 0.3) is 0 Å². The minimum atomic E-state index is -0.539. The van der Waals surface area contributed by atoms with Crippen molar-refractivity contribution in [3.8, 4) is 5.75 Å². The van der Waals surface area contributed by atoms with Crippen molar-refractivity contribution < 1.29 is 23.5 Å². The van der Waals surface area contributed by atoms with E-state index in [1.807, 2.05) is 18.2 Å². The van der Waals surface area contributed by atoms with Crippen LogP contribution in [-0.2, 0) is 27.5 Å². The van der Waals surface area contributed by atoms with Crippen LogP contribution >= 0.6 is 11.6 Å². The van der Waals surface area contributed by atoms with Crippen molar-refractivity contribution in [1.29, 1.82) is 0 Å². The van der Waals surface area contributed by atoms with Crippen molar-refractivity contribution in [2.45, 2.75) is 19.6 Å². The Labute approximate surface area is 161 Å². The molecule has 0 radical (unpaired) electrons. The first-order chi connectivity index (χ1) is 13.0. The van der Waals surface area contributed by atoms with Gasteiger partial charge in [0.1, 0.15) is 6.61 Å². The molecule has 0 N–H and O–H groups in total. The fourth-order valence-electron chi connectivity index (χ4n) is 2.99. The number of esters is 1. The van der Waals surface area contributed by atoms with Crippen molar-refractivity contribution >= 4 is 23.5 Å². The number of hydrogen-bond donors (Lipinski definition) is 0. The van der Waals surface area contributed by atoms with Crippen molar-refractivity contribution in [2.75, 3.05) is 13.7 Å². The Morgan fingerprint density at radius 3 is 2.78 bits per heavy atom. The molecule has 1 fully saturated rings. The van der Waals surface area contributed by atoms with Crippen LogP contribution in [0.25, 0.3) is 0 Å². The molecule has 1 atom stereocenters. The van der Waals surface area contributed by atoms with E-state index in [4.69, 9.17) is 21.1 Å². The Morgan fingerprint density at radius 2 is 2.07 bits per heavy atom. The first-order valence-corrected chi connectivity index (χ1v) is 8.86. The van der Waals surface area contributed by atoms with Gasteiger partial charge in [-0.1, -0.05) is 35.9 Å². The number of benzene rings is 2. The summed E-state index contributed by atoms with van der Waals surface area (Å²) in [5.74, 6) is -1.52. The van der Waals surface area contributed by atoms with Crippen molar-refractivity contribution in [3.05, 3.63) is 64.4 Å². The predicted octanol–water partition coefficient (Wildman–Crippen LogP) is 3.58. The van der Waals surface area contributed by atoms with Crippen LogP contribution in [0, 0.1) is 11.7 Å². The van der Waals surface area contributed by atoms with E-state index in [1.165, 1.54) is 19.2 Å². The highest BCUT2D eigenvalue weighted by molar-refractivity contribution is 6.31. The molecule has 7 heteroatoms. The third kappa shape index (κ3) is 4.57. The normalized spacial score (nSPS) is 16.5. The maximum absolute atomic E-state index is 13.7. The molecule has 3 rings (SSSR count). The Kier molecular flexibility index (Phi) is 5.96. The number of carbonyl (C=O) groups excluding carboxylic acids is 2. The fourth-order valence-corrected chi connectivity index (χ4v) is 3.18. The number of ether oxygens (including phenoxy) is 2. The molecule has 0 spiro atoms. The Hall–Kier alpha value is -2.60. The summed E-state index contributed by atoms with van der Waals surface area (Å²) in [6.07, 6.45) is 0.0975.